The second-order valence-corrected chi connectivity index (χ2v) is 5.26. The van der Waals surface area contributed by atoms with Crippen LogP contribution in [-0.2, 0) is 13.1 Å². The molecule has 0 saturated carbocycles. The lowest BCUT2D eigenvalue weighted by atomic mass is 10.2. The van der Waals surface area contributed by atoms with Gasteiger partial charge in [0, 0.05) is 26.7 Å². The summed E-state index contributed by atoms with van der Waals surface area (Å²) in [5.41, 5.74) is 2.95. The maximum Gasteiger partial charge on any atom is 0.194 e. The van der Waals surface area contributed by atoms with Gasteiger partial charge in [0.15, 0.2) is 5.96 Å². The highest BCUT2D eigenvalue weighted by atomic mass is 16.5. The molecule has 0 fully saturated rings. The van der Waals surface area contributed by atoms with Gasteiger partial charge >= 0.3 is 0 Å². The number of hydrogen-bond donors (Lipinski definition) is 1. The fraction of sp³-hybridized carbons (Fsp3) is 0.250. The first-order valence-corrected chi connectivity index (χ1v) is 7.51. The van der Waals surface area contributed by atoms with Crippen molar-refractivity contribution in [2.75, 3.05) is 14.1 Å². The van der Waals surface area contributed by atoms with Gasteiger partial charge in [0.1, 0.15) is 24.6 Å². The Morgan fingerprint density at radius 2 is 2.29 bits per heavy atom. The molecule has 0 amide bonds. The average Bonchev–Trinajstić information content (AvgIpc) is 3.29. The van der Waals surface area contributed by atoms with Gasteiger partial charge in [-0.25, -0.2) is 9.67 Å². The number of aliphatic imine (C=N–C) groups is 1. The van der Waals surface area contributed by atoms with E-state index in [1.54, 1.807) is 24.3 Å². The van der Waals surface area contributed by atoms with Gasteiger partial charge in [-0.05, 0) is 17.7 Å². The highest BCUT2D eigenvalue weighted by Crippen LogP contribution is 2.09. The van der Waals surface area contributed by atoms with Crippen LogP contribution in [0, 0.1) is 0 Å². The van der Waals surface area contributed by atoms with Crippen LogP contribution in [0.5, 0.6) is 0 Å². The van der Waals surface area contributed by atoms with Crippen molar-refractivity contribution in [3.05, 3.63) is 60.5 Å². The van der Waals surface area contributed by atoms with Gasteiger partial charge in [0.05, 0.1) is 12.2 Å². The molecule has 0 saturated heterocycles. The van der Waals surface area contributed by atoms with Crippen molar-refractivity contribution in [2.24, 2.45) is 4.99 Å². The molecule has 3 aromatic rings. The molecule has 2 heterocycles. The molecule has 1 N–H and O–H groups in total. The summed E-state index contributed by atoms with van der Waals surface area (Å²) in [7, 11) is 3.71. The molecule has 8 nitrogen and oxygen atoms in total. The second kappa shape index (κ2) is 7.40. The number of aromatic nitrogens is 4. The third-order valence-electron chi connectivity index (χ3n) is 3.51. The minimum atomic E-state index is 0.620. The third-order valence-corrected chi connectivity index (χ3v) is 3.51. The molecule has 8 heteroatoms. The molecule has 124 valence electrons. The van der Waals surface area contributed by atoms with E-state index in [4.69, 9.17) is 4.52 Å². The summed E-state index contributed by atoms with van der Waals surface area (Å²) in [5.74, 6) is 0.782. The SMILES string of the molecule is CN=C(NCc1cccc(-n2cncn2)c1)N(C)Cc1ccon1. The normalized spacial score (nSPS) is 11.5. The molecule has 0 radical (unpaired) electrons. The molecule has 0 bridgehead atoms. The van der Waals surface area contributed by atoms with Gasteiger partial charge in [0.25, 0.3) is 0 Å². The quantitative estimate of drug-likeness (QED) is 0.565. The Bertz CT molecular complexity index is 781. The van der Waals surface area contributed by atoms with Crippen LogP contribution in [0.15, 0.2) is 58.8 Å². The number of rotatable bonds is 5. The highest BCUT2D eigenvalue weighted by Gasteiger charge is 2.08. The van der Waals surface area contributed by atoms with Gasteiger partial charge in [-0.3, -0.25) is 4.99 Å². The van der Waals surface area contributed by atoms with Crippen molar-refractivity contribution < 1.29 is 4.52 Å². The van der Waals surface area contributed by atoms with Crippen molar-refractivity contribution in [3.8, 4) is 5.69 Å². The monoisotopic (exact) mass is 325 g/mol. The third kappa shape index (κ3) is 3.78. The first-order valence-electron chi connectivity index (χ1n) is 7.51. The van der Waals surface area contributed by atoms with Crippen LogP contribution in [0.25, 0.3) is 5.69 Å². The zero-order valence-electron chi connectivity index (χ0n) is 13.6. The zero-order valence-corrected chi connectivity index (χ0v) is 13.6. The fourth-order valence-corrected chi connectivity index (χ4v) is 2.35. The van der Waals surface area contributed by atoms with Crippen LogP contribution in [0.2, 0.25) is 0 Å². The van der Waals surface area contributed by atoms with Gasteiger partial charge in [-0.1, -0.05) is 17.3 Å². The lowest BCUT2D eigenvalue weighted by molar-refractivity contribution is 0.391. The molecule has 0 atom stereocenters. The van der Waals surface area contributed by atoms with Gasteiger partial charge in [-0.2, -0.15) is 5.10 Å². The summed E-state index contributed by atoms with van der Waals surface area (Å²) in [5, 5.41) is 11.4. The maximum atomic E-state index is 4.86. The molecule has 0 aliphatic heterocycles. The van der Waals surface area contributed by atoms with Gasteiger partial charge in [-0.15, -0.1) is 0 Å². The highest BCUT2D eigenvalue weighted by molar-refractivity contribution is 5.79. The van der Waals surface area contributed by atoms with E-state index < -0.39 is 0 Å². The molecule has 2 aromatic heterocycles. The van der Waals surface area contributed by atoms with Crippen molar-refractivity contribution in [2.45, 2.75) is 13.1 Å². The lowest BCUT2D eigenvalue weighted by Gasteiger charge is -2.21. The topological polar surface area (TPSA) is 84.4 Å². The molecule has 3 rings (SSSR count). The molecule has 0 aliphatic rings. The van der Waals surface area contributed by atoms with E-state index in [1.165, 1.54) is 6.33 Å². The summed E-state index contributed by atoms with van der Waals surface area (Å²) < 4.78 is 6.59. The number of guanidine groups is 1. The molecule has 1 aromatic carbocycles. The fourth-order valence-electron chi connectivity index (χ4n) is 2.35. The van der Waals surface area contributed by atoms with E-state index in [9.17, 15) is 0 Å². The van der Waals surface area contributed by atoms with Crippen LogP contribution in [-0.4, -0.2) is 44.9 Å². The Labute approximate surface area is 139 Å². The summed E-state index contributed by atoms with van der Waals surface area (Å²) >= 11 is 0. The molecular formula is C16H19N7O. The Morgan fingerprint density at radius 1 is 1.38 bits per heavy atom. The first-order chi connectivity index (χ1) is 11.8. The van der Waals surface area contributed by atoms with Crippen molar-refractivity contribution in [1.29, 1.82) is 0 Å². The van der Waals surface area contributed by atoms with Crippen LogP contribution in [0.1, 0.15) is 11.3 Å². The standard InChI is InChI=1S/C16H19N7O/c1-17-16(22(2)10-14-6-7-24-21-14)19-9-13-4-3-5-15(8-13)23-12-18-11-20-23/h3-8,11-12H,9-10H2,1-2H3,(H,17,19). The summed E-state index contributed by atoms with van der Waals surface area (Å²) in [4.78, 5) is 10.3. The number of hydrogen-bond acceptors (Lipinski definition) is 5. The average molecular weight is 325 g/mol. The molecule has 0 spiro atoms. The van der Waals surface area contributed by atoms with Crippen molar-refractivity contribution >= 4 is 5.96 Å². The smallest absolute Gasteiger partial charge is 0.194 e. The van der Waals surface area contributed by atoms with E-state index >= 15 is 0 Å². The number of nitrogens with zero attached hydrogens (tertiary/aromatic N) is 6. The first kappa shape index (κ1) is 15.7. The largest absolute Gasteiger partial charge is 0.364 e. The van der Waals surface area contributed by atoms with Crippen LogP contribution >= 0.6 is 0 Å². The number of benzene rings is 1. The van der Waals surface area contributed by atoms with E-state index in [0.29, 0.717) is 13.1 Å². The minimum Gasteiger partial charge on any atom is -0.364 e. The second-order valence-electron chi connectivity index (χ2n) is 5.26. The van der Waals surface area contributed by atoms with Crippen molar-refractivity contribution in [1.82, 2.24) is 30.1 Å². The molecule has 24 heavy (non-hydrogen) atoms. The molecule has 0 unspecified atom stereocenters. The van der Waals surface area contributed by atoms with Gasteiger partial charge < -0.3 is 14.7 Å². The predicted molar refractivity (Wildman–Crippen MR) is 89.5 cm³/mol. The van der Waals surface area contributed by atoms with E-state index in [2.05, 4.69) is 37.7 Å². The van der Waals surface area contributed by atoms with Crippen molar-refractivity contribution in [3.63, 3.8) is 0 Å². The van der Waals surface area contributed by atoms with E-state index in [-0.39, 0.29) is 0 Å². The Hall–Kier alpha value is -3.16. The Morgan fingerprint density at radius 3 is 3.00 bits per heavy atom. The summed E-state index contributed by atoms with van der Waals surface area (Å²) in [6, 6.07) is 9.94. The van der Waals surface area contributed by atoms with Crippen LogP contribution in [0.3, 0.4) is 0 Å². The minimum absolute atomic E-state index is 0.620. The predicted octanol–water partition coefficient (Wildman–Crippen LogP) is 1.46. The molecular weight excluding hydrogens is 306 g/mol. The Balaban J connectivity index is 1.62. The van der Waals surface area contributed by atoms with Gasteiger partial charge in [0.2, 0.25) is 0 Å². The van der Waals surface area contributed by atoms with E-state index in [0.717, 1.165) is 22.9 Å². The summed E-state index contributed by atoms with van der Waals surface area (Å²) in [6.45, 7) is 1.27. The summed E-state index contributed by atoms with van der Waals surface area (Å²) in [6.07, 6.45) is 4.76. The number of nitrogens with one attached hydrogen (secondary N) is 1. The maximum absolute atomic E-state index is 4.86. The molecule has 0 aliphatic carbocycles. The lowest BCUT2D eigenvalue weighted by Crippen LogP contribution is -2.38. The van der Waals surface area contributed by atoms with Crippen LogP contribution < -0.4 is 5.32 Å². The van der Waals surface area contributed by atoms with E-state index in [1.807, 2.05) is 30.1 Å². The Kier molecular flexibility index (Phi) is 4.85. The zero-order chi connectivity index (χ0) is 16.8. The van der Waals surface area contributed by atoms with Crippen LogP contribution in [0.4, 0.5) is 0 Å².